The zero-order valence-electron chi connectivity index (χ0n) is 25.4. The molecule has 0 aliphatic carbocycles. The van der Waals surface area contributed by atoms with E-state index >= 15 is 0 Å². The molecule has 1 atom stereocenters. The number of benzene rings is 2. The molecule has 37 heavy (non-hydrogen) atoms. The van der Waals surface area contributed by atoms with E-state index in [1.807, 2.05) is 26.0 Å². The zero-order chi connectivity index (χ0) is 26.3. The Labute approximate surface area is 241 Å². The Morgan fingerprint density at radius 1 is 0.703 bits per heavy atom. The molecule has 0 saturated carbocycles. The van der Waals surface area contributed by atoms with E-state index in [0.717, 1.165) is 97.0 Å². The van der Waals surface area contributed by atoms with Crippen LogP contribution in [-0.2, 0) is 0 Å². The minimum Gasteiger partial charge on any atom is -1.00 e. The summed E-state index contributed by atoms with van der Waals surface area (Å²) in [5.74, 6) is 2.20. The van der Waals surface area contributed by atoms with E-state index in [1.165, 1.54) is 5.56 Å². The Kier molecular flexibility index (Phi) is 17.0. The van der Waals surface area contributed by atoms with Crippen LogP contribution in [0.2, 0.25) is 0 Å². The number of hydrogen-bond acceptors (Lipinski definition) is 4. The first-order valence-corrected chi connectivity index (χ1v) is 14.9. The van der Waals surface area contributed by atoms with E-state index in [9.17, 15) is 4.79 Å². The van der Waals surface area contributed by atoms with Gasteiger partial charge < -0.3 is 15.6 Å². The Morgan fingerprint density at radius 3 is 1.57 bits per heavy atom. The summed E-state index contributed by atoms with van der Waals surface area (Å²) in [5, 5.41) is 0.855. The van der Waals surface area contributed by atoms with Crippen molar-refractivity contribution in [2.45, 2.75) is 99.3 Å². The van der Waals surface area contributed by atoms with Crippen LogP contribution in [0.4, 0.5) is 0 Å². The van der Waals surface area contributed by atoms with Gasteiger partial charge in [0.15, 0.2) is 5.52 Å². The third-order valence-electron chi connectivity index (χ3n) is 6.21. The molecule has 2 aromatic carbocycles. The molecule has 0 aromatic heterocycles. The van der Waals surface area contributed by atoms with E-state index in [4.69, 9.17) is 14.2 Å². The second-order valence-electron chi connectivity index (χ2n) is 9.69. The molecule has 0 saturated heterocycles. The topological polar surface area (TPSA) is 44.8 Å². The van der Waals surface area contributed by atoms with Crippen LogP contribution >= 0.6 is 8.58 Å². The summed E-state index contributed by atoms with van der Waals surface area (Å²) >= 11 is 0. The molecule has 202 valence electrons. The van der Waals surface area contributed by atoms with Gasteiger partial charge in [0.1, 0.15) is 17.2 Å². The summed E-state index contributed by atoms with van der Waals surface area (Å²) in [7, 11) is -0.0785. The fourth-order valence-electron chi connectivity index (χ4n) is 4.32. The first-order valence-electron chi connectivity index (χ1n) is 13.9. The second kappa shape index (κ2) is 18.7. The maximum atomic E-state index is 13.6. The molecule has 6 heteroatoms. The molecule has 1 unspecified atom stereocenters. The number of carbonyl (C=O) groups excluding carboxylic acids is 1. The number of rotatable bonds is 18. The summed E-state index contributed by atoms with van der Waals surface area (Å²) in [4.78, 5) is 13.6. The van der Waals surface area contributed by atoms with Crippen LogP contribution in [0.1, 0.15) is 107 Å². The minimum atomic E-state index is -0.0785. The molecular weight excluding hydrogens is 474 g/mol. The van der Waals surface area contributed by atoms with Crippen LogP contribution in [0.5, 0.6) is 17.2 Å². The monoisotopic (exact) mass is 522 g/mol. The molecule has 0 fully saturated rings. The fraction of sp³-hybridized carbons (Fsp3) is 0.581. The predicted octanol–water partition coefficient (Wildman–Crippen LogP) is 5.58. The maximum absolute atomic E-state index is 13.6. The summed E-state index contributed by atoms with van der Waals surface area (Å²) in [6.07, 6.45) is 9.78. The first-order chi connectivity index (χ1) is 17.4. The molecular formula is C31H48LiO4P. The van der Waals surface area contributed by atoms with Crippen molar-refractivity contribution in [3.63, 3.8) is 0 Å². The number of ether oxygens (including phenoxy) is 3. The van der Waals surface area contributed by atoms with Crippen LogP contribution in [0.25, 0.3) is 0 Å². The molecule has 0 aliphatic rings. The molecule has 0 aliphatic heterocycles. The number of unbranched alkanes of at least 4 members (excludes halogenated alkanes) is 6. The third kappa shape index (κ3) is 11.4. The van der Waals surface area contributed by atoms with Crippen molar-refractivity contribution in [3.05, 3.63) is 46.5 Å². The average molecular weight is 523 g/mol. The van der Waals surface area contributed by atoms with E-state index in [-0.39, 0.29) is 34.4 Å². The zero-order valence-corrected chi connectivity index (χ0v) is 25.4. The number of hydrogen-bond donors (Lipinski definition) is 0. The van der Waals surface area contributed by atoms with Crippen molar-refractivity contribution in [1.82, 2.24) is 0 Å². The van der Waals surface area contributed by atoms with Crippen LogP contribution in [0.15, 0.2) is 24.3 Å². The van der Waals surface area contributed by atoms with Crippen molar-refractivity contribution >= 4 is 19.4 Å². The molecule has 0 amide bonds. The molecule has 2 rings (SSSR count). The molecule has 0 radical (unpaired) electrons. The smallest absolute Gasteiger partial charge is 1.00 e. The molecule has 0 spiro atoms. The van der Waals surface area contributed by atoms with Gasteiger partial charge >= 0.3 is 18.9 Å². The van der Waals surface area contributed by atoms with Gasteiger partial charge in [0.25, 0.3) is 0 Å². The molecule has 0 heterocycles. The predicted molar refractivity (Wildman–Crippen MR) is 156 cm³/mol. The van der Waals surface area contributed by atoms with Crippen LogP contribution in [0.3, 0.4) is 0 Å². The SMILES string of the molecule is CCCCCOc1cc(OCCCCC)c(PC(=O)c2c(C)cc(C)cc2C)c(OCCCCC)c1.[H-].[Li+]. The Balaban J connectivity index is 0.00000684. The Bertz CT molecular complexity index is 911. The van der Waals surface area contributed by atoms with Gasteiger partial charge in [-0.25, -0.2) is 0 Å². The third-order valence-corrected chi connectivity index (χ3v) is 7.43. The molecule has 2 aromatic rings. The number of carbonyl (C=O) groups is 1. The Hall–Kier alpha value is -1.46. The van der Waals surface area contributed by atoms with Crippen LogP contribution in [0, 0.1) is 20.8 Å². The van der Waals surface area contributed by atoms with Crippen molar-refractivity contribution < 1.29 is 39.3 Å². The second-order valence-corrected chi connectivity index (χ2v) is 10.9. The summed E-state index contributed by atoms with van der Waals surface area (Å²) in [5.41, 5.74) is 4.16. The van der Waals surface area contributed by atoms with Gasteiger partial charge in [-0.15, -0.1) is 0 Å². The van der Waals surface area contributed by atoms with Crippen molar-refractivity contribution in [1.29, 1.82) is 0 Å². The summed E-state index contributed by atoms with van der Waals surface area (Å²) in [6, 6.07) is 8.09. The quantitative estimate of drug-likeness (QED) is 0.146. The normalized spacial score (nSPS) is 11.0. The van der Waals surface area contributed by atoms with Gasteiger partial charge in [-0.05, 0) is 59.7 Å². The van der Waals surface area contributed by atoms with E-state index in [0.29, 0.717) is 19.8 Å². The van der Waals surface area contributed by atoms with Gasteiger partial charge in [-0.2, -0.15) is 0 Å². The summed E-state index contributed by atoms with van der Waals surface area (Å²) < 4.78 is 18.7. The van der Waals surface area contributed by atoms with E-state index in [1.54, 1.807) is 0 Å². The molecule has 0 bridgehead atoms. The van der Waals surface area contributed by atoms with Crippen molar-refractivity contribution in [2.75, 3.05) is 19.8 Å². The average Bonchev–Trinajstić information content (AvgIpc) is 2.83. The fourth-order valence-corrected chi connectivity index (χ4v) is 5.61. The van der Waals surface area contributed by atoms with Gasteiger partial charge in [0, 0.05) is 17.7 Å². The Morgan fingerprint density at radius 2 is 1.14 bits per heavy atom. The van der Waals surface area contributed by atoms with E-state index in [2.05, 4.69) is 39.8 Å². The standard InChI is InChI=1S/C31H47O4P.Li.H/c1-7-10-13-16-33-26-21-27(34-17-14-11-8-2)30(28(22-26)35-18-15-12-9-3)36-31(32)29-24(5)19-23(4)20-25(29)6;;/h19-22,36H,7-18H2,1-6H3;;/q;+1;-1. The minimum absolute atomic E-state index is 0. The van der Waals surface area contributed by atoms with Gasteiger partial charge in [0.05, 0.1) is 25.1 Å². The molecule has 0 N–H and O–H groups in total. The van der Waals surface area contributed by atoms with Crippen LogP contribution < -0.4 is 38.4 Å². The van der Waals surface area contributed by atoms with Gasteiger partial charge in [-0.3, -0.25) is 4.79 Å². The van der Waals surface area contributed by atoms with Gasteiger partial charge in [0.2, 0.25) is 0 Å². The van der Waals surface area contributed by atoms with Crippen molar-refractivity contribution in [2.24, 2.45) is 0 Å². The van der Waals surface area contributed by atoms with Crippen molar-refractivity contribution in [3.8, 4) is 17.2 Å². The first kappa shape index (κ1) is 33.6. The summed E-state index contributed by atoms with van der Waals surface area (Å²) in [6.45, 7) is 14.6. The largest absolute Gasteiger partial charge is 1.00 e. The molecule has 4 nitrogen and oxygen atoms in total. The maximum Gasteiger partial charge on any atom is 1.00 e. The van der Waals surface area contributed by atoms with Crippen LogP contribution in [-0.4, -0.2) is 25.3 Å². The number of aryl methyl sites for hydroxylation is 3. The van der Waals surface area contributed by atoms with Gasteiger partial charge in [-0.1, -0.05) is 77.0 Å². The van der Waals surface area contributed by atoms with E-state index < -0.39 is 0 Å².